The van der Waals surface area contributed by atoms with Crippen LogP contribution in [0, 0.1) is 45.3 Å². The van der Waals surface area contributed by atoms with Crippen molar-refractivity contribution in [3.63, 3.8) is 0 Å². The van der Waals surface area contributed by atoms with Gasteiger partial charge >= 0.3 is 0 Å². The van der Waals surface area contributed by atoms with Crippen molar-refractivity contribution in [2.75, 3.05) is 73.8 Å². The third-order valence-electron chi connectivity index (χ3n) is 21.5. The number of aliphatic hydroxyl groups excluding tert-OH is 1. The van der Waals surface area contributed by atoms with Gasteiger partial charge in [0.1, 0.15) is 96.7 Å². The molecule has 1 aromatic carbocycles. The van der Waals surface area contributed by atoms with E-state index in [9.17, 15) is 38.7 Å². The number of rotatable bonds is 26. The number of carbonyl (C=O) groups is 18. The molecule has 0 aliphatic carbocycles. The summed E-state index contributed by atoms with van der Waals surface area (Å²) in [6, 6.07) is -18.2. The second kappa shape index (κ2) is 60.5. The first-order valence-electron chi connectivity index (χ1n) is 45.0. The van der Waals surface area contributed by atoms with Gasteiger partial charge in [0.2, 0.25) is 106 Å². The summed E-state index contributed by atoms with van der Waals surface area (Å²) < 4.78 is 0. The van der Waals surface area contributed by atoms with Crippen LogP contribution >= 0.6 is 64.8 Å². The molecule has 4 fully saturated rings. The Morgan fingerprint density at radius 1 is 0.336 bits per heavy atom. The van der Waals surface area contributed by atoms with E-state index in [0.717, 1.165) is 71.7 Å². The van der Waals surface area contributed by atoms with Crippen molar-refractivity contribution in [2.45, 2.75) is 242 Å². The SMILES string of the molecule is CC[C@H](C)[C@@H]1NC(=O)[C@@H]2CSSC[C@H](NC(=O)[C@H](CC(C)C)NC(=O)[C@@H]3CSSC[C@H](NC1=O)C(=O)N[C@@H]([C@@H](C)O)C(=O)N[C@@H](CCCNC(=N)N)C(=O)NCC(=O)N[C@@H](Cc1ccccc1)C(=O)N3)C(=O)N[C@@H](CC(C)C)C(=O)N[C@H]1CSSC[C@H](NC(=O)[C@H](C(C)C)NC(=O)CNC(=O)[C@H](CCCNC(=N)N)NC(=O)[C@H](CCCNC(=N)N)NC1=O)C(=O)N[C@@H](CCCNC(=N)N)C(=O)N2. The summed E-state index contributed by atoms with van der Waals surface area (Å²) in [7, 11) is 5.00. The number of fused-ring (bicyclic) bond motifs is 15. The number of amides is 18. The van der Waals surface area contributed by atoms with Gasteiger partial charge in [-0.1, -0.05) is 157 Å². The molecule has 35 N–H and O–H groups in total. The molecule has 0 radical (unpaired) electrons. The largest absolute Gasteiger partial charge is 0.391 e. The van der Waals surface area contributed by atoms with E-state index in [-0.39, 0.29) is 103 Å². The molecular formula is C82H136N30O19S6. The van der Waals surface area contributed by atoms with Crippen molar-refractivity contribution < 1.29 is 91.4 Å². The Balaban J connectivity index is 1.84. The van der Waals surface area contributed by atoms with E-state index in [1.165, 1.54) is 0 Å². The molecule has 137 heavy (non-hydrogen) atoms. The van der Waals surface area contributed by atoms with E-state index >= 15 is 52.7 Å². The lowest BCUT2D eigenvalue weighted by molar-refractivity contribution is -0.137. The molecule has 6 bridgehead atoms. The van der Waals surface area contributed by atoms with Crippen molar-refractivity contribution in [1.29, 1.82) is 21.6 Å². The quantitative estimate of drug-likeness (QED) is 0.0177. The molecule has 4 saturated heterocycles. The van der Waals surface area contributed by atoms with Crippen LogP contribution in [0.5, 0.6) is 0 Å². The predicted molar refractivity (Wildman–Crippen MR) is 523 cm³/mol. The Hall–Kier alpha value is -11.2. The molecule has 5 rings (SSSR count). The lowest BCUT2D eigenvalue weighted by Gasteiger charge is -2.31. The van der Waals surface area contributed by atoms with Gasteiger partial charge in [0.25, 0.3) is 0 Å². The minimum Gasteiger partial charge on any atom is -0.391 e. The molecule has 49 nitrogen and oxygen atoms in total. The third kappa shape index (κ3) is 42.8. The fourth-order valence-corrected chi connectivity index (χ4v) is 20.9. The smallest absolute Gasteiger partial charge is 0.245 e. The van der Waals surface area contributed by atoms with Gasteiger partial charge in [0.15, 0.2) is 23.8 Å². The molecular weight excluding hydrogens is 1900 g/mol. The van der Waals surface area contributed by atoms with Gasteiger partial charge < -0.3 is 145 Å². The zero-order valence-electron chi connectivity index (χ0n) is 78.0. The lowest BCUT2D eigenvalue weighted by Crippen LogP contribution is -2.63. The standard InChI is InChI=1S/C82H136N30O19S6/c1-10-42(8)61-77(130)109-57-38-137-134-35-54(107-69(122)51(30-44-18-12-11-13-19-44)97-58(114)31-95-64(117)46(21-15-25-92-80(85)86)101-78(131)62(43(9)113)112-75(57)128)73(126)103-50(29-40(4)5)68(121)106-53-34-133-136-37-56(74(127)111-61)104-66(119)48(23-17-27-94-82(89)90)100-71(124)55-36-135-132-33-52(105-67(120)49(28-39(2)3)102-72(53)125)70(123)99-47(22-16-26-93-81(87)88)65(118)98-45(20-14-24-91-79(83)84)63(116)96-32-59(115)110-60(41(6)7)76(129)108-55/h11-13,18-19,39-43,45-57,60-62,113H,10,14-17,20-38H2,1-9H3,(H,95,117)(H,96,116)(H,97,114)(H,98,118)(H,99,123)(H,100,124)(H,101,131)(H,102,125)(H,103,126)(H,104,119)(H,105,120)(H,106,121)(H,107,122)(H,108,129)(H,109,130)(H,110,115)(H,111,127)(H,112,128)(H4,83,84,91)(H4,85,86,92)(H4,87,88,93)(H4,89,90,94)/t42-,43+,45-,46-,47-,48-,49-,50-,51-,52-,53-,54-,55-,56-,57-,60-,61-,62-/m0/s1. The summed E-state index contributed by atoms with van der Waals surface area (Å²) in [6.45, 7) is 12.6. The van der Waals surface area contributed by atoms with Crippen molar-refractivity contribution in [1.82, 2.24) is 117 Å². The average molecular weight is 2040 g/mol. The van der Waals surface area contributed by atoms with Crippen molar-refractivity contribution in [3.05, 3.63) is 35.9 Å². The van der Waals surface area contributed by atoms with E-state index in [1.807, 2.05) is 0 Å². The minimum atomic E-state index is -1.91. The molecule has 55 heteroatoms. The number of nitrogens with two attached hydrogens (primary N) is 4. The molecule has 0 aromatic heterocycles. The second-order valence-electron chi connectivity index (χ2n) is 34.3. The van der Waals surface area contributed by atoms with E-state index in [1.54, 1.807) is 85.7 Å². The highest BCUT2D eigenvalue weighted by molar-refractivity contribution is 8.77. The highest BCUT2D eigenvalue weighted by atomic mass is 33.1. The summed E-state index contributed by atoms with van der Waals surface area (Å²) in [5, 5.41) is 100. The van der Waals surface area contributed by atoms with Crippen molar-refractivity contribution >= 4 is 195 Å². The molecule has 0 spiro atoms. The number of hydrogen-bond acceptors (Lipinski definition) is 29. The Labute approximate surface area is 818 Å². The zero-order chi connectivity index (χ0) is 102. The fourth-order valence-electron chi connectivity index (χ4n) is 13.9. The maximum Gasteiger partial charge on any atom is 0.245 e. The van der Waals surface area contributed by atoms with E-state index in [0.29, 0.717) is 5.56 Å². The highest BCUT2D eigenvalue weighted by Crippen LogP contribution is 2.28. The van der Waals surface area contributed by atoms with Gasteiger partial charge in [-0.2, -0.15) is 0 Å². The summed E-state index contributed by atoms with van der Waals surface area (Å²) in [5.74, 6) is -25.6. The monoisotopic (exact) mass is 2040 g/mol. The highest BCUT2D eigenvalue weighted by Gasteiger charge is 2.42. The van der Waals surface area contributed by atoms with E-state index in [4.69, 9.17) is 44.6 Å². The summed E-state index contributed by atoms with van der Waals surface area (Å²) in [5.41, 5.74) is 22.9. The topological polar surface area (TPSA) is 792 Å². The summed E-state index contributed by atoms with van der Waals surface area (Å²) in [6.07, 6.45) is -3.10. The Kier molecular flexibility index (Phi) is 51.4. The zero-order valence-corrected chi connectivity index (χ0v) is 82.9. The number of aliphatic hydroxyl groups is 1. The van der Waals surface area contributed by atoms with Crippen LogP contribution in [-0.2, 0) is 92.7 Å². The Morgan fingerprint density at radius 2 is 0.606 bits per heavy atom. The summed E-state index contributed by atoms with van der Waals surface area (Å²) >= 11 is 0. The maximum absolute atomic E-state index is 15.6. The number of guanidine groups is 4. The van der Waals surface area contributed by atoms with Crippen LogP contribution in [0.2, 0.25) is 0 Å². The number of nitrogens with one attached hydrogen (secondary N) is 26. The molecule has 764 valence electrons. The van der Waals surface area contributed by atoms with Crippen LogP contribution in [0.3, 0.4) is 0 Å². The molecule has 4 heterocycles. The van der Waals surface area contributed by atoms with Crippen LogP contribution in [0.1, 0.15) is 139 Å². The van der Waals surface area contributed by atoms with Crippen molar-refractivity contribution in [3.8, 4) is 0 Å². The number of carbonyl (C=O) groups excluding carboxylic acids is 18. The number of benzene rings is 1. The molecule has 0 unspecified atom stereocenters. The minimum absolute atomic E-state index is 0.00229. The van der Waals surface area contributed by atoms with E-state index in [2.05, 4.69) is 117 Å². The average Bonchev–Trinajstić information content (AvgIpc) is 0.847. The second-order valence-corrected chi connectivity index (χ2v) is 41.9. The molecule has 4 aliphatic heterocycles. The normalized spacial score (nSPS) is 26.5. The molecule has 4 aliphatic rings. The van der Waals surface area contributed by atoms with Gasteiger partial charge in [-0.15, -0.1) is 0 Å². The van der Waals surface area contributed by atoms with Crippen LogP contribution in [0.15, 0.2) is 30.3 Å². The predicted octanol–water partition coefficient (Wildman–Crippen LogP) is -7.35. The van der Waals surface area contributed by atoms with Gasteiger partial charge in [0, 0.05) is 67.1 Å². The van der Waals surface area contributed by atoms with Crippen LogP contribution in [0.25, 0.3) is 0 Å². The summed E-state index contributed by atoms with van der Waals surface area (Å²) in [4.78, 5) is 270. The van der Waals surface area contributed by atoms with Gasteiger partial charge in [0.05, 0.1) is 19.2 Å². The third-order valence-corrected chi connectivity index (χ3v) is 28.8. The van der Waals surface area contributed by atoms with Crippen LogP contribution in [0.4, 0.5) is 0 Å². The van der Waals surface area contributed by atoms with Crippen LogP contribution in [-0.4, -0.2) is 312 Å². The van der Waals surface area contributed by atoms with E-state index < -0.39 is 304 Å². The molecule has 18 atom stereocenters. The van der Waals surface area contributed by atoms with Crippen molar-refractivity contribution in [2.24, 2.45) is 46.6 Å². The first-order valence-corrected chi connectivity index (χ1v) is 52.5. The first-order chi connectivity index (χ1) is 64.8. The molecule has 0 saturated carbocycles. The Morgan fingerprint density at radius 3 is 0.934 bits per heavy atom. The fraction of sp³-hybridized carbons (Fsp3) is 0.659. The lowest BCUT2D eigenvalue weighted by atomic mass is 9.97. The Bertz CT molecular complexity index is 4360. The number of hydrogen-bond donors (Lipinski definition) is 31. The van der Waals surface area contributed by atoms with Crippen LogP contribution < -0.4 is 140 Å². The first kappa shape index (κ1) is 116. The maximum atomic E-state index is 15.6. The van der Waals surface area contributed by atoms with Gasteiger partial charge in [-0.3, -0.25) is 108 Å². The molecule has 1 aromatic rings. The van der Waals surface area contributed by atoms with Gasteiger partial charge in [-0.05, 0) is 100 Å². The molecule has 18 amide bonds. The van der Waals surface area contributed by atoms with Gasteiger partial charge in [-0.25, -0.2) is 0 Å².